The second kappa shape index (κ2) is 11.4. The Morgan fingerprint density at radius 2 is 1.45 bits per heavy atom. The molecule has 0 aliphatic rings. The molecule has 0 aromatic heterocycles. The largest absolute Gasteiger partial charge is 0.482 e. The highest BCUT2D eigenvalue weighted by Gasteiger charge is 2.11. The second-order valence-corrected chi connectivity index (χ2v) is 7.94. The van der Waals surface area contributed by atoms with Crippen LogP contribution in [0.25, 0.3) is 6.08 Å². The van der Waals surface area contributed by atoms with E-state index in [1.54, 1.807) is 60.7 Å². The SMILES string of the molecule is N#C/C(=C\c1ccc(OCC(=O)Nc2ccc(Cl)cc2)c(Cl)c1)C(=O)Nc1ccc(Cl)cc1. The molecule has 3 rings (SSSR count). The summed E-state index contributed by atoms with van der Waals surface area (Å²) in [5.74, 6) is -0.665. The molecule has 0 fully saturated rings. The van der Waals surface area contributed by atoms with Crippen LogP contribution in [0.15, 0.2) is 72.3 Å². The van der Waals surface area contributed by atoms with Gasteiger partial charge in [-0.3, -0.25) is 9.59 Å². The molecule has 0 saturated heterocycles. The van der Waals surface area contributed by atoms with Crippen LogP contribution in [0.5, 0.6) is 5.75 Å². The number of carbonyl (C=O) groups excluding carboxylic acids is 2. The maximum Gasteiger partial charge on any atom is 0.266 e. The standard InChI is InChI=1S/C24H16Cl3N3O3/c25-17-2-6-19(7-3-17)29-23(31)14-33-22-10-1-15(12-21(22)27)11-16(13-28)24(32)30-20-8-4-18(26)5-9-20/h1-12H,14H2,(H,29,31)(H,30,32)/b16-11+. The van der Waals surface area contributed by atoms with Crippen molar-refractivity contribution < 1.29 is 14.3 Å². The Kier molecular flexibility index (Phi) is 8.34. The molecular weight excluding hydrogens is 485 g/mol. The van der Waals surface area contributed by atoms with Crippen LogP contribution in [-0.4, -0.2) is 18.4 Å². The molecule has 0 heterocycles. The Balaban J connectivity index is 1.62. The van der Waals surface area contributed by atoms with E-state index in [-0.39, 0.29) is 28.9 Å². The summed E-state index contributed by atoms with van der Waals surface area (Å²) in [7, 11) is 0. The highest BCUT2D eigenvalue weighted by atomic mass is 35.5. The van der Waals surface area contributed by atoms with Gasteiger partial charge < -0.3 is 15.4 Å². The van der Waals surface area contributed by atoms with E-state index in [4.69, 9.17) is 39.5 Å². The summed E-state index contributed by atoms with van der Waals surface area (Å²) in [4.78, 5) is 24.5. The van der Waals surface area contributed by atoms with Crippen LogP contribution in [0.4, 0.5) is 11.4 Å². The molecule has 0 aliphatic carbocycles. The first-order valence-electron chi connectivity index (χ1n) is 9.50. The lowest BCUT2D eigenvalue weighted by molar-refractivity contribution is -0.118. The molecule has 0 atom stereocenters. The first kappa shape index (κ1) is 24.1. The summed E-state index contributed by atoms with van der Waals surface area (Å²) in [6, 6.07) is 19.7. The van der Waals surface area contributed by atoms with Crippen molar-refractivity contribution in [1.82, 2.24) is 0 Å². The van der Waals surface area contributed by atoms with E-state index in [2.05, 4.69) is 10.6 Å². The average Bonchev–Trinajstić information content (AvgIpc) is 2.80. The fourth-order valence-electron chi connectivity index (χ4n) is 2.64. The number of rotatable bonds is 7. The highest BCUT2D eigenvalue weighted by molar-refractivity contribution is 6.32. The molecule has 166 valence electrons. The first-order valence-corrected chi connectivity index (χ1v) is 10.6. The number of hydrogen-bond donors (Lipinski definition) is 2. The third kappa shape index (κ3) is 7.26. The Hall–Kier alpha value is -3.50. The van der Waals surface area contributed by atoms with Gasteiger partial charge in [0.15, 0.2) is 6.61 Å². The Labute approximate surface area is 205 Å². The van der Waals surface area contributed by atoms with Crippen LogP contribution in [0.3, 0.4) is 0 Å². The number of carbonyl (C=O) groups is 2. The zero-order valence-corrected chi connectivity index (χ0v) is 19.2. The summed E-state index contributed by atoms with van der Waals surface area (Å²) in [5.41, 5.74) is 1.49. The fourth-order valence-corrected chi connectivity index (χ4v) is 3.14. The molecule has 33 heavy (non-hydrogen) atoms. The van der Waals surface area contributed by atoms with E-state index in [1.807, 2.05) is 6.07 Å². The number of nitrogens with zero attached hydrogens (tertiary/aromatic N) is 1. The van der Waals surface area contributed by atoms with Gasteiger partial charge in [-0.05, 0) is 72.3 Å². The lowest BCUT2D eigenvalue weighted by Gasteiger charge is -2.10. The molecule has 3 aromatic carbocycles. The molecular formula is C24H16Cl3N3O3. The van der Waals surface area contributed by atoms with E-state index in [1.165, 1.54) is 12.1 Å². The monoisotopic (exact) mass is 499 g/mol. The highest BCUT2D eigenvalue weighted by Crippen LogP contribution is 2.27. The molecule has 9 heteroatoms. The molecule has 0 bridgehead atoms. The van der Waals surface area contributed by atoms with E-state index in [0.717, 1.165) is 0 Å². The van der Waals surface area contributed by atoms with Crippen LogP contribution >= 0.6 is 34.8 Å². The summed E-state index contributed by atoms with van der Waals surface area (Å²) in [6.07, 6.45) is 1.40. The number of nitriles is 1. The van der Waals surface area contributed by atoms with Crippen molar-refractivity contribution in [1.29, 1.82) is 5.26 Å². The van der Waals surface area contributed by atoms with Crippen molar-refractivity contribution in [3.63, 3.8) is 0 Å². The van der Waals surface area contributed by atoms with Gasteiger partial charge in [0.25, 0.3) is 11.8 Å². The normalized spacial score (nSPS) is 10.8. The number of anilines is 2. The maximum atomic E-state index is 12.4. The third-order valence-electron chi connectivity index (χ3n) is 4.22. The molecule has 0 unspecified atom stereocenters. The number of amides is 2. The van der Waals surface area contributed by atoms with Crippen molar-refractivity contribution in [2.24, 2.45) is 0 Å². The Bertz CT molecular complexity index is 1230. The average molecular weight is 501 g/mol. The molecule has 6 nitrogen and oxygen atoms in total. The predicted octanol–water partition coefficient (Wildman–Crippen LogP) is 6.21. The first-order chi connectivity index (χ1) is 15.8. The van der Waals surface area contributed by atoms with Gasteiger partial charge in [-0.25, -0.2) is 0 Å². The second-order valence-electron chi connectivity index (χ2n) is 6.66. The number of benzene rings is 3. The van der Waals surface area contributed by atoms with Gasteiger partial charge in [0.1, 0.15) is 17.4 Å². The van der Waals surface area contributed by atoms with Crippen molar-refractivity contribution >= 4 is 64.1 Å². The van der Waals surface area contributed by atoms with Crippen molar-refractivity contribution in [2.45, 2.75) is 0 Å². The van der Waals surface area contributed by atoms with Crippen LogP contribution < -0.4 is 15.4 Å². The Morgan fingerprint density at radius 1 is 0.879 bits per heavy atom. The summed E-state index contributed by atoms with van der Waals surface area (Å²) in [5, 5.41) is 16.0. The Morgan fingerprint density at radius 3 is 2.00 bits per heavy atom. The zero-order chi connectivity index (χ0) is 23.8. The topological polar surface area (TPSA) is 91.2 Å². The summed E-state index contributed by atoms with van der Waals surface area (Å²) < 4.78 is 5.47. The molecule has 2 amide bonds. The smallest absolute Gasteiger partial charge is 0.266 e. The van der Waals surface area contributed by atoms with E-state index >= 15 is 0 Å². The molecule has 0 spiro atoms. The lowest BCUT2D eigenvalue weighted by atomic mass is 10.1. The maximum absolute atomic E-state index is 12.4. The number of hydrogen-bond acceptors (Lipinski definition) is 4. The van der Waals surface area contributed by atoms with Gasteiger partial charge in [0, 0.05) is 21.4 Å². The number of nitrogens with one attached hydrogen (secondary N) is 2. The minimum Gasteiger partial charge on any atom is -0.482 e. The summed E-state index contributed by atoms with van der Waals surface area (Å²) in [6.45, 7) is -0.259. The third-order valence-corrected chi connectivity index (χ3v) is 5.02. The molecule has 3 aromatic rings. The molecule has 0 saturated carbocycles. The van der Waals surface area contributed by atoms with E-state index in [9.17, 15) is 14.9 Å². The van der Waals surface area contributed by atoms with Crippen molar-refractivity contribution in [3.8, 4) is 11.8 Å². The quantitative estimate of drug-likeness (QED) is 0.298. The van der Waals surface area contributed by atoms with Gasteiger partial charge >= 0.3 is 0 Å². The fraction of sp³-hybridized carbons (Fsp3) is 0.0417. The number of halogens is 3. The van der Waals surface area contributed by atoms with Crippen molar-refractivity contribution in [2.75, 3.05) is 17.2 Å². The minimum atomic E-state index is -0.574. The molecule has 2 N–H and O–H groups in total. The van der Waals surface area contributed by atoms with Gasteiger partial charge in [0.05, 0.1) is 5.02 Å². The van der Waals surface area contributed by atoms with Gasteiger partial charge in [-0.1, -0.05) is 40.9 Å². The van der Waals surface area contributed by atoms with Gasteiger partial charge in [-0.2, -0.15) is 5.26 Å². The summed E-state index contributed by atoms with van der Waals surface area (Å²) >= 11 is 17.9. The predicted molar refractivity (Wildman–Crippen MR) is 131 cm³/mol. The van der Waals surface area contributed by atoms with E-state index in [0.29, 0.717) is 27.0 Å². The zero-order valence-electron chi connectivity index (χ0n) is 16.9. The number of ether oxygens (including phenoxy) is 1. The van der Waals surface area contributed by atoms with Gasteiger partial charge in [-0.15, -0.1) is 0 Å². The van der Waals surface area contributed by atoms with Crippen LogP contribution in [-0.2, 0) is 9.59 Å². The lowest BCUT2D eigenvalue weighted by Crippen LogP contribution is -2.20. The van der Waals surface area contributed by atoms with Crippen LogP contribution in [0.2, 0.25) is 15.1 Å². The molecule has 0 aliphatic heterocycles. The van der Waals surface area contributed by atoms with Crippen molar-refractivity contribution in [3.05, 3.63) is 92.9 Å². The van der Waals surface area contributed by atoms with E-state index < -0.39 is 5.91 Å². The van der Waals surface area contributed by atoms with Gasteiger partial charge in [0.2, 0.25) is 0 Å². The molecule has 0 radical (unpaired) electrons. The minimum absolute atomic E-state index is 0.114. The van der Waals surface area contributed by atoms with Crippen LogP contribution in [0.1, 0.15) is 5.56 Å². The van der Waals surface area contributed by atoms with Crippen LogP contribution in [0, 0.1) is 11.3 Å².